The molecule has 1 unspecified atom stereocenters. The predicted octanol–water partition coefficient (Wildman–Crippen LogP) is 6.62. The molecule has 0 bridgehead atoms. The van der Waals surface area contributed by atoms with Gasteiger partial charge in [-0.25, -0.2) is 0 Å². The van der Waals surface area contributed by atoms with Crippen LogP contribution < -0.4 is 9.47 Å². The van der Waals surface area contributed by atoms with Crippen LogP contribution in [0.3, 0.4) is 0 Å². The van der Waals surface area contributed by atoms with Gasteiger partial charge in [0.05, 0.1) is 26.4 Å². The molecule has 3 aromatic carbocycles. The average molecular weight is 539 g/mol. The van der Waals surface area contributed by atoms with Crippen LogP contribution in [0.25, 0.3) is 11.1 Å². The van der Waals surface area contributed by atoms with E-state index in [2.05, 4.69) is 26.0 Å². The number of rotatable bonds is 16. The SMILES string of the molecule is CCC(C)c1ccc(OCCOc2c(COC)cc(-c3cc(COC)c(O)c(COC)c3)cc2COC)cc1. The minimum absolute atomic E-state index is 0.186. The Labute approximate surface area is 232 Å². The number of methoxy groups -OCH3 is 4. The quantitative estimate of drug-likeness (QED) is 0.206. The molecule has 0 aliphatic carbocycles. The third kappa shape index (κ3) is 8.19. The first-order valence-electron chi connectivity index (χ1n) is 13.3. The number of phenolic OH excluding ortho intramolecular Hbond substituents is 1. The summed E-state index contributed by atoms with van der Waals surface area (Å²) < 4.78 is 33.8. The third-order valence-corrected chi connectivity index (χ3v) is 6.70. The van der Waals surface area contributed by atoms with Crippen molar-refractivity contribution in [2.24, 2.45) is 0 Å². The molecule has 1 atom stereocenters. The molecule has 39 heavy (non-hydrogen) atoms. The molecule has 0 fully saturated rings. The molecule has 7 heteroatoms. The second kappa shape index (κ2) is 15.5. The average Bonchev–Trinajstić information content (AvgIpc) is 2.94. The maximum Gasteiger partial charge on any atom is 0.130 e. The molecular weight excluding hydrogens is 496 g/mol. The van der Waals surface area contributed by atoms with Crippen molar-refractivity contribution in [1.29, 1.82) is 0 Å². The van der Waals surface area contributed by atoms with Gasteiger partial charge in [-0.2, -0.15) is 0 Å². The van der Waals surface area contributed by atoms with E-state index in [4.69, 9.17) is 28.4 Å². The Bertz CT molecular complexity index is 1120. The van der Waals surface area contributed by atoms with Gasteiger partial charge in [-0.05, 0) is 65.4 Å². The maximum atomic E-state index is 10.7. The van der Waals surface area contributed by atoms with E-state index in [-0.39, 0.29) is 19.0 Å². The number of ether oxygens (including phenoxy) is 6. The molecule has 3 aromatic rings. The van der Waals surface area contributed by atoms with E-state index in [9.17, 15) is 5.11 Å². The zero-order chi connectivity index (χ0) is 28.2. The molecule has 0 radical (unpaired) electrons. The van der Waals surface area contributed by atoms with E-state index in [1.807, 2.05) is 36.4 Å². The highest BCUT2D eigenvalue weighted by atomic mass is 16.5. The first-order chi connectivity index (χ1) is 18.9. The highest BCUT2D eigenvalue weighted by molar-refractivity contribution is 5.70. The molecule has 212 valence electrons. The largest absolute Gasteiger partial charge is 0.507 e. The fourth-order valence-electron chi connectivity index (χ4n) is 4.52. The maximum absolute atomic E-state index is 10.7. The van der Waals surface area contributed by atoms with Crippen LogP contribution in [0, 0.1) is 0 Å². The Morgan fingerprint density at radius 3 is 1.54 bits per heavy atom. The topological polar surface area (TPSA) is 75.6 Å². The highest BCUT2D eigenvalue weighted by Gasteiger charge is 2.17. The van der Waals surface area contributed by atoms with E-state index in [0.29, 0.717) is 43.5 Å². The second-order valence-electron chi connectivity index (χ2n) is 9.57. The van der Waals surface area contributed by atoms with Crippen LogP contribution >= 0.6 is 0 Å². The van der Waals surface area contributed by atoms with Gasteiger partial charge < -0.3 is 33.5 Å². The van der Waals surface area contributed by atoms with Crippen molar-refractivity contribution in [1.82, 2.24) is 0 Å². The minimum atomic E-state index is 0.186. The van der Waals surface area contributed by atoms with Gasteiger partial charge in [0, 0.05) is 50.7 Å². The van der Waals surface area contributed by atoms with Crippen LogP contribution in [0.4, 0.5) is 0 Å². The zero-order valence-corrected chi connectivity index (χ0v) is 24.0. The van der Waals surface area contributed by atoms with Crippen LogP contribution in [-0.4, -0.2) is 46.8 Å². The molecule has 0 aliphatic rings. The summed E-state index contributed by atoms with van der Waals surface area (Å²) in [6, 6.07) is 16.2. The molecular formula is C32H42O7. The van der Waals surface area contributed by atoms with Gasteiger partial charge >= 0.3 is 0 Å². The number of aromatic hydroxyl groups is 1. The Hall–Kier alpha value is -3.10. The highest BCUT2D eigenvalue weighted by Crippen LogP contribution is 2.36. The fraction of sp³-hybridized carbons (Fsp3) is 0.438. The molecule has 0 saturated carbocycles. The Morgan fingerprint density at radius 1 is 0.641 bits per heavy atom. The standard InChI is InChI=1S/C32H42O7/c1-7-22(2)23-8-10-30(11-9-23)38-12-13-39-32-28(20-36-5)16-25(17-29(32)21-37-6)24-14-26(18-34-3)31(33)27(15-24)19-35-4/h8-11,14-17,22,33H,7,12-13,18-21H2,1-6H3. The third-order valence-electron chi connectivity index (χ3n) is 6.70. The van der Waals surface area contributed by atoms with E-state index in [1.165, 1.54) is 5.56 Å². The van der Waals surface area contributed by atoms with Crippen molar-refractivity contribution in [3.8, 4) is 28.4 Å². The van der Waals surface area contributed by atoms with Gasteiger partial charge in [-0.15, -0.1) is 0 Å². The monoisotopic (exact) mass is 538 g/mol. The molecule has 0 heterocycles. The first-order valence-corrected chi connectivity index (χ1v) is 13.3. The first kappa shape index (κ1) is 30.4. The normalized spacial score (nSPS) is 11.9. The summed E-state index contributed by atoms with van der Waals surface area (Å²) in [5.41, 5.74) is 6.37. The number of benzene rings is 3. The lowest BCUT2D eigenvalue weighted by atomic mass is 9.95. The molecule has 3 rings (SSSR count). The summed E-state index contributed by atoms with van der Waals surface area (Å²) in [6.07, 6.45) is 1.11. The molecule has 0 aliphatic heterocycles. The lowest BCUT2D eigenvalue weighted by Gasteiger charge is -2.19. The Morgan fingerprint density at radius 2 is 1.08 bits per heavy atom. The Balaban J connectivity index is 1.84. The van der Waals surface area contributed by atoms with Crippen LogP contribution in [0.5, 0.6) is 17.2 Å². The predicted molar refractivity (Wildman–Crippen MR) is 153 cm³/mol. The lowest BCUT2D eigenvalue weighted by Crippen LogP contribution is -2.12. The lowest BCUT2D eigenvalue weighted by molar-refractivity contribution is 0.164. The summed E-state index contributed by atoms with van der Waals surface area (Å²) in [5.74, 6) is 2.27. The van der Waals surface area contributed by atoms with Crippen molar-refractivity contribution in [2.75, 3.05) is 41.7 Å². The second-order valence-corrected chi connectivity index (χ2v) is 9.57. The number of phenols is 1. The van der Waals surface area contributed by atoms with Crippen molar-refractivity contribution in [3.05, 3.63) is 76.3 Å². The molecule has 0 spiro atoms. The van der Waals surface area contributed by atoms with E-state index < -0.39 is 0 Å². The smallest absolute Gasteiger partial charge is 0.130 e. The van der Waals surface area contributed by atoms with Crippen molar-refractivity contribution in [2.45, 2.75) is 52.6 Å². The van der Waals surface area contributed by atoms with Crippen LogP contribution in [0.15, 0.2) is 48.5 Å². The van der Waals surface area contributed by atoms with E-state index >= 15 is 0 Å². The summed E-state index contributed by atoms with van der Waals surface area (Å²) in [6.45, 7) is 6.50. The fourth-order valence-corrected chi connectivity index (χ4v) is 4.52. The van der Waals surface area contributed by atoms with Crippen molar-refractivity contribution >= 4 is 0 Å². The van der Waals surface area contributed by atoms with Gasteiger partial charge in [0.1, 0.15) is 30.5 Å². The summed E-state index contributed by atoms with van der Waals surface area (Å²) >= 11 is 0. The molecule has 0 aromatic heterocycles. The van der Waals surface area contributed by atoms with Gasteiger partial charge in [-0.3, -0.25) is 0 Å². The molecule has 0 amide bonds. The molecule has 1 N–H and O–H groups in total. The van der Waals surface area contributed by atoms with Crippen LogP contribution in [-0.2, 0) is 45.4 Å². The zero-order valence-electron chi connectivity index (χ0n) is 24.0. The number of hydrogen-bond acceptors (Lipinski definition) is 7. The number of hydrogen-bond donors (Lipinski definition) is 1. The summed E-state index contributed by atoms with van der Waals surface area (Å²) in [5, 5.41) is 10.7. The van der Waals surface area contributed by atoms with E-state index in [1.54, 1.807) is 28.4 Å². The van der Waals surface area contributed by atoms with Crippen LogP contribution in [0.2, 0.25) is 0 Å². The molecule has 0 saturated heterocycles. The molecule has 7 nitrogen and oxygen atoms in total. The van der Waals surface area contributed by atoms with Gasteiger partial charge in [-0.1, -0.05) is 26.0 Å². The van der Waals surface area contributed by atoms with Gasteiger partial charge in [0.15, 0.2) is 0 Å². The summed E-state index contributed by atoms with van der Waals surface area (Å²) in [7, 11) is 6.53. The van der Waals surface area contributed by atoms with Crippen LogP contribution in [0.1, 0.15) is 54.0 Å². The minimum Gasteiger partial charge on any atom is -0.507 e. The van der Waals surface area contributed by atoms with Gasteiger partial charge in [0.2, 0.25) is 0 Å². The summed E-state index contributed by atoms with van der Waals surface area (Å²) in [4.78, 5) is 0. The Kier molecular flexibility index (Phi) is 12.1. The van der Waals surface area contributed by atoms with E-state index in [0.717, 1.165) is 40.2 Å². The van der Waals surface area contributed by atoms with Crippen molar-refractivity contribution in [3.63, 3.8) is 0 Å². The van der Waals surface area contributed by atoms with Crippen molar-refractivity contribution < 1.29 is 33.5 Å². The van der Waals surface area contributed by atoms with Gasteiger partial charge in [0.25, 0.3) is 0 Å².